The van der Waals surface area contributed by atoms with Crippen LogP contribution in [0.2, 0.25) is 0 Å². The monoisotopic (exact) mass is 345 g/mol. The number of carboxylic acids is 1. The number of aromatic nitrogens is 2. The highest BCUT2D eigenvalue weighted by atomic mass is 16.5. The number of hydrogen-bond acceptors (Lipinski definition) is 4. The van der Waals surface area contributed by atoms with E-state index in [2.05, 4.69) is 5.10 Å². The Kier molecular flexibility index (Phi) is 6.56. The molecule has 0 saturated heterocycles. The summed E-state index contributed by atoms with van der Waals surface area (Å²) >= 11 is 0. The lowest BCUT2D eigenvalue weighted by Crippen LogP contribution is -2.36. The molecule has 0 bridgehead atoms. The van der Waals surface area contributed by atoms with Crippen molar-refractivity contribution in [2.75, 3.05) is 19.7 Å². The SMILES string of the molecule is CCCOc1cn(-c2ccccc2)nc1C(=O)N(CCC)CC(=O)O. The standard InChI is InChI=1S/C18H23N3O4/c1-3-10-20(13-16(22)23)18(24)17-15(25-11-4-2)12-21(19-17)14-8-6-5-7-9-14/h5-9,12H,3-4,10-11,13H2,1-2H3,(H,22,23). The van der Waals surface area contributed by atoms with E-state index >= 15 is 0 Å². The second-order valence-electron chi connectivity index (χ2n) is 5.59. The van der Waals surface area contributed by atoms with Crippen LogP contribution in [-0.4, -0.2) is 51.4 Å². The third-order valence-electron chi connectivity index (χ3n) is 3.47. The van der Waals surface area contributed by atoms with Crippen LogP contribution in [0.5, 0.6) is 5.75 Å². The molecule has 0 fully saturated rings. The minimum atomic E-state index is -1.06. The summed E-state index contributed by atoms with van der Waals surface area (Å²) in [5.74, 6) is -1.13. The molecule has 1 heterocycles. The molecule has 2 aromatic rings. The van der Waals surface area contributed by atoms with Crippen molar-refractivity contribution in [2.24, 2.45) is 0 Å². The molecule has 1 amide bonds. The Morgan fingerprint density at radius 1 is 1.20 bits per heavy atom. The number of rotatable bonds is 9. The number of ether oxygens (including phenoxy) is 1. The Morgan fingerprint density at radius 2 is 1.92 bits per heavy atom. The first kappa shape index (κ1) is 18.5. The van der Waals surface area contributed by atoms with E-state index < -0.39 is 11.9 Å². The van der Waals surface area contributed by atoms with Gasteiger partial charge in [0, 0.05) is 6.54 Å². The van der Waals surface area contributed by atoms with Gasteiger partial charge in [-0.1, -0.05) is 32.0 Å². The summed E-state index contributed by atoms with van der Waals surface area (Å²) < 4.78 is 7.24. The number of aliphatic carboxylic acids is 1. The number of benzene rings is 1. The Labute approximate surface area is 146 Å². The number of carboxylic acid groups (broad SMARTS) is 1. The van der Waals surface area contributed by atoms with Gasteiger partial charge < -0.3 is 14.7 Å². The van der Waals surface area contributed by atoms with E-state index in [0.29, 0.717) is 25.3 Å². The van der Waals surface area contributed by atoms with Crippen LogP contribution in [0.3, 0.4) is 0 Å². The van der Waals surface area contributed by atoms with E-state index in [1.165, 1.54) is 4.90 Å². The summed E-state index contributed by atoms with van der Waals surface area (Å²) in [7, 11) is 0. The zero-order chi connectivity index (χ0) is 18.2. The highest BCUT2D eigenvalue weighted by Crippen LogP contribution is 2.22. The molecule has 0 saturated carbocycles. The van der Waals surface area contributed by atoms with Gasteiger partial charge in [0.25, 0.3) is 5.91 Å². The van der Waals surface area contributed by atoms with Gasteiger partial charge in [0.1, 0.15) is 6.54 Å². The Bertz CT molecular complexity index is 712. The maximum absolute atomic E-state index is 12.8. The van der Waals surface area contributed by atoms with Gasteiger partial charge in [-0.2, -0.15) is 5.10 Å². The lowest BCUT2D eigenvalue weighted by molar-refractivity contribution is -0.137. The zero-order valence-corrected chi connectivity index (χ0v) is 14.5. The predicted molar refractivity (Wildman–Crippen MR) is 93.2 cm³/mol. The van der Waals surface area contributed by atoms with Gasteiger partial charge in [-0.05, 0) is 25.0 Å². The molecule has 0 spiro atoms. The van der Waals surface area contributed by atoms with Gasteiger partial charge in [0.15, 0.2) is 11.4 Å². The molecule has 1 aromatic heterocycles. The number of para-hydroxylation sites is 1. The van der Waals surface area contributed by atoms with Crippen LogP contribution in [0, 0.1) is 0 Å². The average Bonchev–Trinajstić information content (AvgIpc) is 3.03. The largest absolute Gasteiger partial charge is 0.489 e. The van der Waals surface area contributed by atoms with Crippen molar-refractivity contribution < 1.29 is 19.4 Å². The number of carbonyl (C=O) groups is 2. The van der Waals surface area contributed by atoms with Crippen LogP contribution >= 0.6 is 0 Å². The molecule has 1 N–H and O–H groups in total. The predicted octanol–water partition coefficient (Wildman–Crippen LogP) is 2.60. The lowest BCUT2D eigenvalue weighted by Gasteiger charge is -2.19. The maximum Gasteiger partial charge on any atom is 0.323 e. The van der Waals surface area contributed by atoms with Gasteiger partial charge in [0.2, 0.25) is 0 Å². The van der Waals surface area contributed by atoms with Crippen molar-refractivity contribution in [3.63, 3.8) is 0 Å². The summed E-state index contributed by atoms with van der Waals surface area (Å²) in [6.07, 6.45) is 3.10. The first-order valence-corrected chi connectivity index (χ1v) is 8.35. The highest BCUT2D eigenvalue weighted by Gasteiger charge is 2.25. The van der Waals surface area contributed by atoms with Crippen molar-refractivity contribution in [1.82, 2.24) is 14.7 Å². The van der Waals surface area contributed by atoms with Crippen LogP contribution in [0.25, 0.3) is 5.69 Å². The van der Waals surface area contributed by atoms with E-state index in [9.17, 15) is 9.59 Å². The Hall–Kier alpha value is -2.83. The van der Waals surface area contributed by atoms with E-state index in [1.807, 2.05) is 44.2 Å². The lowest BCUT2D eigenvalue weighted by atomic mass is 10.3. The minimum absolute atomic E-state index is 0.131. The topological polar surface area (TPSA) is 84.7 Å². The Morgan fingerprint density at radius 3 is 2.52 bits per heavy atom. The molecule has 0 radical (unpaired) electrons. The fourth-order valence-corrected chi connectivity index (χ4v) is 2.37. The molecule has 1 aromatic carbocycles. The molecule has 7 nitrogen and oxygen atoms in total. The number of nitrogens with zero attached hydrogens (tertiary/aromatic N) is 3. The Balaban J connectivity index is 2.37. The molecule has 0 atom stereocenters. The van der Waals surface area contributed by atoms with E-state index in [-0.39, 0.29) is 12.2 Å². The van der Waals surface area contributed by atoms with E-state index in [1.54, 1.807) is 10.9 Å². The van der Waals surface area contributed by atoms with Crippen LogP contribution in [0.1, 0.15) is 37.2 Å². The van der Waals surface area contributed by atoms with Gasteiger partial charge >= 0.3 is 5.97 Å². The first-order chi connectivity index (χ1) is 12.1. The van der Waals surface area contributed by atoms with Crippen LogP contribution in [0.4, 0.5) is 0 Å². The summed E-state index contributed by atoms with van der Waals surface area (Å²) in [6, 6.07) is 9.37. The van der Waals surface area contributed by atoms with Crippen molar-refractivity contribution >= 4 is 11.9 Å². The first-order valence-electron chi connectivity index (χ1n) is 8.35. The van der Waals surface area contributed by atoms with Crippen molar-refractivity contribution in [3.05, 3.63) is 42.2 Å². The summed E-state index contributed by atoms with van der Waals surface area (Å²) in [5.41, 5.74) is 0.926. The van der Waals surface area contributed by atoms with Gasteiger partial charge in [0.05, 0.1) is 18.5 Å². The van der Waals surface area contributed by atoms with Crippen LogP contribution in [0.15, 0.2) is 36.5 Å². The smallest absolute Gasteiger partial charge is 0.323 e. The summed E-state index contributed by atoms with van der Waals surface area (Å²) in [4.78, 5) is 25.1. The molecule has 0 aliphatic rings. The average molecular weight is 345 g/mol. The van der Waals surface area contributed by atoms with Gasteiger partial charge in [-0.25, -0.2) is 4.68 Å². The highest BCUT2D eigenvalue weighted by molar-refractivity contribution is 5.96. The molecule has 134 valence electrons. The van der Waals surface area contributed by atoms with Crippen molar-refractivity contribution in [1.29, 1.82) is 0 Å². The van der Waals surface area contributed by atoms with Crippen LogP contribution < -0.4 is 4.74 Å². The van der Waals surface area contributed by atoms with Gasteiger partial charge in [-0.3, -0.25) is 9.59 Å². The quantitative estimate of drug-likeness (QED) is 0.755. The molecule has 0 aliphatic carbocycles. The third-order valence-corrected chi connectivity index (χ3v) is 3.47. The van der Waals surface area contributed by atoms with Crippen LogP contribution in [-0.2, 0) is 4.79 Å². The zero-order valence-electron chi connectivity index (χ0n) is 14.5. The fraction of sp³-hybridized carbons (Fsp3) is 0.389. The molecule has 7 heteroatoms. The molecule has 2 rings (SSSR count). The molecule has 25 heavy (non-hydrogen) atoms. The second-order valence-corrected chi connectivity index (χ2v) is 5.59. The van der Waals surface area contributed by atoms with Crippen molar-refractivity contribution in [2.45, 2.75) is 26.7 Å². The van der Waals surface area contributed by atoms with Gasteiger partial charge in [-0.15, -0.1) is 0 Å². The van der Waals surface area contributed by atoms with Crippen molar-refractivity contribution in [3.8, 4) is 11.4 Å². The minimum Gasteiger partial charge on any atom is -0.489 e. The molecular weight excluding hydrogens is 322 g/mol. The molecular formula is C18H23N3O4. The second kappa shape index (κ2) is 8.86. The van der Waals surface area contributed by atoms with E-state index in [4.69, 9.17) is 9.84 Å². The number of carbonyl (C=O) groups excluding carboxylic acids is 1. The summed E-state index contributed by atoms with van der Waals surface area (Å²) in [5, 5.41) is 13.4. The third kappa shape index (κ3) is 4.82. The maximum atomic E-state index is 12.8. The number of hydrogen-bond donors (Lipinski definition) is 1. The normalized spacial score (nSPS) is 10.5. The summed E-state index contributed by atoms with van der Waals surface area (Å²) in [6.45, 7) is 4.29. The number of amides is 1. The molecule has 0 aliphatic heterocycles. The fourth-order valence-electron chi connectivity index (χ4n) is 2.37. The van der Waals surface area contributed by atoms with E-state index in [0.717, 1.165) is 12.1 Å². The molecule has 0 unspecified atom stereocenters.